The lowest BCUT2D eigenvalue weighted by molar-refractivity contribution is -0.117. The number of hydrogen-bond donors (Lipinski definition) is 1. The zero-order chi connectivity index (χ0) is 20.3. The second-order valence-corrected chi connectivity index (χ2v) is 9.96. The summed E-state index contributed by atoms with van der Waals surface area (Å²) in [5, 5.41) is 3.02. The molecule has 154 valence electrons. The summed E-state index contributed by atoms with van der Waals surface area (Å²) in [6.45, 7) is 0.470. The number of carbonyl (C=O) groups is 1. The Hall–Kier alpha value is -2.34. The number of fused-ring (bicyclic) bond motifs is 1. The average molecular weight is 413 g/mol. The molecule has 1 aliphatic carbocycles. The molecule has 0 aromatic heterocycles. The summed E-state index contributed by atoms with van der Waals surface area (Å²) in [7, 11) is -3.58. The highest BCUT2D eigenvalue weighted by atomic mass is 32.2. The fourth-order valence-corrected chi connectivity index (χ4v) is 6.04. The molecule has 1 heterocycles. The summed E-state index contributed by atoms with van der Waals surface area (Å²) >= 11 is 0. The van der Waals surface area contributed by atoms with Crippen LogP contribution in [0.4, 0.5) is 11.4 Å². The lowest BCUT2D eigenvalue weighted by atomic mass is 9.87. The van der Waals surface area contributed by atoms with Crippen molar-refractivity contribution in [3.8, 4) is 0 Å². The molecule has 1 N–H and O–H groups in total. The summed E-state index contributed by atoms with van der Waals surface area (Å²) in [6, 6.07) is 14.1. The fourth-order valence-electron chi connectivity index (χ4n) is 4.48. The Labute approximate surface area is 173 Å². The van der Waals surface area contributed by atoms with Gasteiger partial charge in [-0.25, -0.2) is 8.42 Å². The van der Waals surface area contributed by atoms with Gasteiger partial charge in [-0.3, -0.25) is 9.10 Å². The fraction of sp³-hybridized carbons (Fsp3) is 0.435. The van der Waals surface area contributed by atoms with Crippen molar-refractivity contribution in [1.82, 2.24) is 0 Å². The number of benzene rings is 2. The minimum atomic E-state index is -3.58. The summed E-state index contributed by atoms with van der Waals surface area (Å²) in [4.78, 5) is 12.7. The molecule has 1 aliphatic heterocycles. The number of carbonyl (C=O) groups excluding carboxylic acids is 1. The predicted molar refractivity (Wildman–Crippen MR) is 116 cm³/mol. The Kier molecular flexibility index (Phi) is 5.90. The Balaban J connectivity index is 1.50. The highest BCUT2D eigenvalue weighted by molar-refractivity contribution is 7.92. The Morgan fingerprint density at radius 1 is 1.00 bits per heavy atom. The second-order valence-electron chi connectivity index (χ2n) is 8.09. The number of hydrogen-bond acceptors (Lipinski definition) is 3. The van der Waals surface area contributed by atoms with Crippen molar-refractivity contribution >= 4 is 27.3 Å². The van der Waals surface area contributed by atoms with Crippen molar-refractivity contribution in [3.63, 3.8) is 0 Å². The quantitative estimate of drug-likeness (QED) is 0.771. The molecule has 0 bridgehead atoms. The largest absolute Gasteiger partial charge is 0.326 e. The van der Waals surface area contributed by atoms with Crippen molar-refractivity contribution in [3.05, 3.63) is 54.1 Å². The molecule has 2 aromatic carbocycles. The number of sulfonamides is 1. The molecule has 4 rings (SSSR count). The van der Waals surface area contributed by atoms with Crippen LogP contribution >= 0.6 is 0 Å². The van der Waals surface area contributed by atoms with Gasteiger partial charge < -0.3 is 5.32 Å². The number of rotatable bonds is 5. The molecule has 1 fully saturated rings. The number of aryl methyl sites for hydroxylation is 1. The van der Waals surface area contributed by atoms with E-state index < -0.39 is 10.0 Å². The standard InChI is InChI=1S/C23H28N2O3S/c26-23(16-18-8-3-1-4-9-18)24-20-13-14-22-19(17-20)10-7-15-25(22)29(27,28)21-11-5-2-6-12-21/h2,5-6,11-14,17-18H,1,3-4,7-10,15-16H2,(H,24,26). The third-order valence-corrected chi connectivity index (χ3v) is 7.80. The summed E-state index contributed by atoms with van der Waals surface area (Å²) in [6.07, 6.45) is 8.16. The first-order chi connectivity index (χ1) is 14.0. The molecule has 0 saturated heterocycles. The maximum Gasteiger partial charge on any atom is 0.264 e. The minimum absolute atomic E-state index is 0.0569. The van der Waals surface area contributed by atoms with Gasteiger partial charge in [0.1, 0.15) is 0 Å². The summed E-state index contributed by atoms with van der Waals surface area (Å²) < 4.78 is 27.7. The van der Waals surface area contributed by atoms with Gasteiger partial charge >= 0.3 is 0 Å². The van der Waals surface area contributed by atoms with Gasteiger partial charge in [0.05, 0.1) is 10.6 Å². The molecule has 0 unspecified atom stereocenters. The van der Waals surface area contributed by atoms with Crippen LogP contribution in [0.2, 0.25) is 0 Å². The third-order valence-electron chi connectivity index (χ3n) is 5.97. The number of nitrogens with zero attached hydrogens (tertiary/aromatic N) is 1. The van der Waals surface area contributed by atoms with Crippen molar-refractivity contribution in [2.45, 2.75) is 56.3 Å². The van der Waals surface area contributed by atoms with Gasteiger partial charge in [0, 0.05) is 18.7 Å². The first kappa shape index (κ1) is 20.0. The van der Waals surface area contributed by atoms with Crippen LogP contribution in [0.15, 0.2) is 53.4 Å². The molecular formula is C23H28N2O3S. The molecule has 0 atom stereocenters. The topological polar surface area (TPSA) is 66.5 Å². The molecule has 2 aliphatic rings. The predicted octanol–water partition coefficient (Wildman–Crippen LogP) is 4.74. The van der Waals surface area contributed by atoms with Gasteiger partial charge in [0.25, 0.3) is 10.0 Å². The molecular weight excluding hydrogens is 384 g/mol. The monoisotopic (exact) mass is 412 g/mol. The van der Waals surface area contributed by atoms with Crippen LogP contribution in [-0.2, 0) is 21.2 Å². The number of amides is 1. The maximum atomic E-state index is 13.1. The Morgan fingerprint density at radius 2 is 1.76 bits per heavy atom. The van der Waals surface area contributed by atoms with Crippen LogP contribution in [0, 0.1) is 5.92 Å². The van der Waals surface area contributed by atoms with Gasteiger partial charge in [0.2, 0.25) is 5.91 Å². The van der Waals surface area contributed by atoms with Crippen molar-refractivity contribution in [2.24, 2.45) is 5.92 Å². The normalized spacial score (nSPS) is 17.6. The highest BCUT2D eigenvalue weighted by Crippen LogP contribution is 2.34. The van der Waals surface area contributed by atoms with E-state index in [-0.39, 0.29) is 5.91 Å². The molecule has 1 amide bonds. The molecule has 1 saturated carbocycles. The van der Waals surface area contributed by atoms with E-state index in [1.807, 2.05) is 24.3 Å². The molecule has 29 heavy (non-hydrogen) atoms. The Morgan fingerprint density at radius 3 is 2.52 bits per heavy atom. The van der Waals surface area contributed by atoms with Crippen LogP contribution in [-0.4, -0.2) is 20.9 Å². The lowest BCUT2D eigenvalue weighted by Crippen LogP contribution is -2.35. The van der Waals surface area contributed by atoms with Gasteiger partial charge in [0.15, 0.2) is 0 Å². The summed E-state index contributed by atoms with van der Waals surface area (Å²) in [5.41, 5.74) is 2.43. The van der Waals surface area contributed by atoms with Gasteiger partial charge in [-0.1, -0.05) is 37.5 Å². The van der Waals surface area contributed by atoms with Crippen LogP contribution in [0.3, 0.4) is 0 Å². The zero-order valence-corrected chi connectivity index (χ0v) is 17.5. The number of nitrogens with one attached hydrogen (secondary N) is 1. The van der Waals surface area contributed by atoms with E-state index in [1.165, 1.54) is 23.6 Å². The molecule has 6 heteroatoms. The molecule has 5 nitrogen and oxygen atoms in total. The highest BCUT2D eigenvalue weighted by Gasteiger charge is 2.29. The zero-order valence-electron chi connectivity index (χ0n) is 16.6. The Bertz CT molecular complexity index is 967. The molecule has 0 spiro atoms. The molecule has 0 radical (unpaired) electrons. The van der Waals surface area contributed by atoms with Crippen LogP contribution in [0.1, 0.15) is 50.5 Å². The van der Waals surface area contributed by atoms with Crippen molar-refractivity contribution in [2.75, 3.05) is 16.2 Å². The smallest absolute Gasteiger partial charge is 0.264 e. The molecule has 2 aromatic rings. The van der Waals surface area contributed by atoms with E-state index in [4.69, 9.17) is 0 Å². The van der Waals surface area contributed by atoms with Crippen LogP contribution in [0.25, 0.3) is 0 Å². The van der Waals surface area contributed by atoms with E-state index in [0.717, 1.165) is 36.9 Å². The SMILES string of the molecule is O=C(CC1CCCCC1)Nc1ccc2c(c1)CCCN2S(=O)(=O)c1ccccc1. The van der Waals surface area contributed by atoms with Gasteiger partial charge in [-0.15, -0.1) is 0 Å². The van der Waals surface area contributed by atoms with Crippen molar-refractivity contribution < 1.29 is 13.2 Å². The third kappa shape index (κ3) is 4.47. The van der Waals surface area contributed by atoms with E-state index in [0.29, 0.717) is 29.5 Å². The van der Waals surface area contributed by atoms with Gasteiger partial charge in [-0.05, 0) is 67.5 Å². The van der Waals surface area contributed by atoms with Crippen LogP contribution in [0.5, 0.6) is 0 Å². The first-order valence-electron chi connectivity index (χ1n) is 10.5. The maximum absolute atomic E-state index is 13.1. The van der Waals surface area contributed by atoms with E-state index in [1.54, 1.807) is 24.3 Å². The lowest BCUT2D eigenvalue weighted by Gasteiger charge is -2.31. The van der Waals surface area contributed by atoms with Gasteiger partial charge in [-0.2, -0.15) is 0 Å². The second kappa shape index (κ2) is 8.57. The van der Waals surface area contributed by atoms with Crippen LogP contribution < -0.4 is 9.62 Å². The van der Waals surface area contributed by atoms with E-state index in [9.17, 15) is 13.2 Å². The summed E-state index contributed by atoms with van der Waals surface area (Å²) in [5.74, 6) is 0.550. The number of anilines is 2. The minimum Gasteiger partial charge on any atom is -0.326 e. The van der Waals surface area contributed by atoms with Crippen molar-refractivity contribution in [1.29, 1.82) is 0 Å². The first-order valence-corrected chi connectivity index (χ1v) is 12.0. The van der Waals surface area contributed by atoms with E-state index >= 15 is 0 Å². The van der Waals surface area contributed by atoms with E-state index in [2.05, 4.69) is 5.32 Å². The average Bonchev–Trinajstić information content (AvgIpc) is 2.74.